The number of ether oxygens (including phenoxy) is 2. The summed E-state index contributed by atoms with van der Waals surface area (Å²) in [5.41, 5.74) is 3.64. The number of carbonyl (C=O) groups is 1. The van der Waals surface area contributed by atoms with E-state index in [1.165, 1.54) is 38.5 Å². The maximum atomic E-state index is 12.9. The molecule has 2 N–H and O–H groups in total. The predicted molar refractivity (Wildman–Crippen MR) is 130 cm³/mol. The zero-order valence-corrected chi connectivity index (χ0v) is 19.7. The zero-order chi connectivity index (χ0) is 24.0. The van der Waals surface area contributed by atoms with E-state index in [0.29, 0.717) is 17.2 Å². The topological polar surface area (TPSA) is 93.7 Å². The molecule has 0 aromatic heterocycles. The van der Waals surface area contributed by atoms with Crippen molar-refractivity contribution < 1.29 is 22.7 Å². The second-order valence-electron chi connectivity index (χ2n) is 7.35. The number of amides is 1. The molecule has 0 atom stereocenters. The minimum atomic E-state index is -3.95. The highest BCUT2D eigenvalue weighted by Gasteiger charge is 2.19. The van der Waals surface area contributed by atoms with Gasteiger partial charge in [-0.15, -0.1) is 0 Å². The van der Waals surface area contributed by atoms with Gasteiger partial charge in [-0.25, -0.2) is 8.42 Å². The van der Waals surface area contributed by atoms with Crippen LogP contribution in [-0.2, 0) is 14.8 Å². The van der Waals surface area contributed by atoms with Gasteiger partial charge in [0.2, 0.25) is 5.91 Å². The molecule has 1 amide bonds. The first kappa shape index (κ1) is 23.9. The number of hydrogen-bond acceptors (Lipinski definition) is 5. The summed E-state index contributed by atoms with van der Waals surface area (Å²) in [4.78, 5) is 12.5. The van der Waals surface area contributed by atoms with Crippen LogP contribution in [0.25, 0.3) is 6.08 Å². The minimum absolute atomic E-state index is 0.0390. The third kappa shape index (κ3) is 5.93. The van der Waals surface area contributed by atoms with Crippen LogP contribution in [0, 0.1) is 13.8 Å². The molecule has 0 unspecified atom stereocenters. The third-order valence-corrected chi connectivity index (χ3v) is 6.29. The van der Waals surface area contributed by atoms with E-state index in [9.17, 15) is 13.2 Å². The van der Waals surface area contributed by atoms with E-state index in [1.54, 1.807) is 30.3 Å². The molecule has 3 rings (SSSR count). The van der Waals surface area contributed by atoms with Crippen molar-refractivity contribution in [2.75, 3.05) is 24.3 Å². The molecule has 7 nitrogen and oxygen atoms in total. The Kier molecular flexibility index (Phi) is 7.40. The van der Waals surface area contributed by atoms with Crippen LogP contribution in [0.2, 0.25) is 0 Å². The first-order chi connectivity index (χ1) is 15.7. The van der Waals surface area contributed by atoms with E-state index in [2.05, 4.69) is 10.0 Å². The van der Waals surface area contributed by atoms with Crippen molar-refractivity contribution in [3.63, 3.8) is 0 Å². The quantitative estimate of drug-likeness (QED) is 0.466. The number of anilines is 2. The summed E-state index contributed by atoms with van der Waals surface area (Å²) in [5, 5.41) is 2.69. The summed E-state index contributed by atoms with van der Waals surface area (Å²) in [6.45, 7) is 3.97. The number of methoxy groups -OCH3 is 2. The molecule has 0 saturated heterocycles. The maximum Gasteiger partial charge on any atom is 0.262 e. The normalized spacial score (nSPS) is 11.3. The molecule has 3 aromatic rings. The lowest BCUT2D eigenvalue weighted by molar-refractivity contribution is -0.111. The lowest BCUT2D eigenvalue weighted by Crippen LogP contribution is -2.15. The Labute approximate surface area is 194 Å². The number of benzene rings is 3. The molecule has 0 bridgehead atoms. The second kappa shape index (κ2) is 10.2. The Hall–Kier alpha value is -3.78. The largest absolute Gasteiger partial charge is 0.495 e. The summed E-state index contributed by atoms with van der Waals surface area (Å²) in [6.07, 6.45) is 3.10. The Bertz CT molecular complexity index is 1300. The number of para-hydroxylation sites is 2. The van der Waals surface area contributed by atoms with Gasteiger partial charge in [-0.05, 0) is 61.4 Å². The molecule has 0 fully saturated rings. The Morgan fingerprint density at radius 1 is 0.879 bits per heavy atom. The lowest BCUT2D eigenvalue weighted by Gasteiger charge is -2.14. The van der Waals surface area contributed by atoms with E-state index >= 15 is 0 Å². The van der Waals surface area contributed by atoms with Crippen LogP contribution in [0.3, 0.4) is 0 Å². The molecular weight excluding hydrogens is 440 g/mol. The Balaban J connectivity index is 1.84. The molecule has 0 aliphatic rings. The molecule has 0 saturated carbocycles. The van der Waals surface area contributed by atoms with Crippen LogP contribution in [0.1, 0.15) is 16.7 Å². The van der Waals surface area contributed by atoms with Crippen LogP contribution in [0.15, 0.2) is 71.6 Å². The summed E-state index contributed by atoms with van der Waals surface area (Å²) < 4.78 is 38.9. The van der Waals surface area contributed by atoms with Gasteiger partial charge in [0, 0.05) is 6.08 Å². The standard InChI is InChI=1S/C25H26N2O5S/c1-17-9-10-19(18(2)15-17)11-14-25(28)26-22-16-20(12-13-24(22)32-4)33(29,30)27-21-7-5-6-8-23(21)31-3/h5-16,27H,1-4H3,(H,26,28)/b14-11+. The first-order valence-electron chi connectivity index (χ1n) is 10.1. The molecule has 172 valence electrons. The van der Waals surface area contributed by atoms with Gasteiger partial charge >= 0.3 is 0 Å². The third-order valence-electron chi connectivity index (χ3n) is 4.93. The zero-order valence-electron chi connectivity index (χ0n) is 18.9. The summed E-state index contributed by atoms with van der Waals surface area (Å²) in [7, 11) is -1.05. The van der Waals surface area contributed by atoms with Crippen molar-refractivity contribution in [1.82, 2.24) is 0 Å². The monoisotopic (exact) mass is 466 g/mol. The lowest BCUT2D eigenvalue weighted by atomic mass is 10.1. The smallest absolute Gasteiger partial charge is 0.262 e. The molecule has 0 aliphatic heterocycles. The SMILES string of the molecule is COc1ccc(S(=O)(=O)Nc2ccccc2OC)cc1NC(=O)/C=C/c1ccc(C)cc1C. The van der Waals surface area contributed by atoms with Gasteiger partial charge in [-0.2, -0.15) is 0 Å². The van der Waals surface area contributed by atoms with Crippen molar-refractivity contribution in [3.8, 4) is 11.5 Å². The van der Waals surface area contributed by atoms with E-state index in [0.717, 1.165) is 16.7 Å². The fourth-order valence-corrected chi connectivity index (χ4v) is 4.33. The van der Waals surface area contributed by atoms with Crippen molar-refractivity contribution in [2.45, 2.75) is 18.7 Å². The first-order valence-corrected chi connectivity index (χ1v) is 11.6. The van der Waals surface area contributed by atoms with Gasteiger partial charge in [-0.3, -0.25) is 9.52 Å². The minimum Gasteiger partial charge on any atom is -0.495 e. The van der Waals surface area contributed by atoms with Crippen molar-refractivity contribution in [3.05, 3.63) is 83.4 Å². The molecule has 3 aromatic carbocycles. The van der Waals surface area contributed by atoms with E-state index < -0.39 is 15.9 Å². The average molecular weight is 467 g/mol. The Morgan fingerprint density at radius 3 is 2.27 bits per heavy atom. The molecule has 8 heteroatoms. The van der Waals surface area contributed by atoms with Gasteiger partial charge in [0.05, 0.1) is 30.5 Å². The van der Waals surface area contributed by atoms with Gasteiger partial charge in [0.25, 0.3) is 10.0 Å². The summed E-state index contributed by atoms with van der Waals surface area (Å²) in [5.74, 6) is 0.305. The predicted octanol–water partition coefficient (Wildman–Crippen LogP) is 4.77. The highest BCUT2D eigenvalue weighted by Crippen LogP contribution is 2.30. The number of rotatable bonds is 8. The van der Waals surface area contributed by atoms with Crippen molar-refractivity contribution >= 4 is 33.4 Å². The summed E-state index contributed by atoms with van der Waals surface area (Å²) in [6, 6.07) is 16.9. The van der Waals surface area contributed by atoms with Crippen LogP contribution in [-0.4, -0.2) is 28.5 Å². The maximum absolute atomic E-state index is 12.9. The van der Waals surface area contributed by atoms with Crippen LogP contribution in [0.4, 0.5) is 11.4 Å². The van der Waals surface area contributed by atoms with Crippen LogP contribution >= 0.6 is 0 Å². The number of carbonyl (C=O) groups excluding carboxylic acids is 1. The highest BCUT2D eigenvalue weighted by molar-refractivity contribution is 7.92. The number of sulfonamides is 1. The summed E-state index contributed by atoms with van der Waals surface area (Å²) >= 11 is 0. The number of hydrogen-bond donors (Lipinski definition) is 2. The molecule has 0 heterocycles. The van der Waals surface area contributed by atoms with Gasteiger partial charge in [0.1, 0.15) is 11.5 Å². The molecular formula is C25H26N2O5S. The van der Waals surface area contributed by atoms with Crippen LogP contribution in [0.5, 0.6) is 11.5 Å². The number of aryl methyl sites for hydroxylation is 2. The molecule has 0 aliphatic carbocycles. The Morgan fingerprint density at radius 2 is 1.58 bits per heavy atom. The van der Waals surface area contributed by atoms with Crippen molar-refractivity contribution in [1.29, 1.82) is 0 Å². The highest BCUT2D eigenvalue weighted by atomic mass is 32.2. The van der Waals surface area contributed by atoms with E-state index in [1.807, 2.05) is 32.0 Å². The fraction of sp³-hybridized carbons (Fsp3) is 0.160. The molecule has 33 heavy (non-hydrogen) atoms. The second-order valence-corrected chi connectivity index (χ2v) is 9.03. The molecule has 0 radical (unpaired) electrons. The van der Waals surface area contributed by atoms with E-state index in [4.69, 9.17) is 9.47 Å². The van der Waals surface area contributed by atoms with Crippen LogP contribution < -0.4 is 19.5 Å². The average Bonchev–Trinajstić information content (AvgIpc) is 2.78. The van der Waals surface area contributed by atoms with Crippen molar-refractivity contribution in [2.24, 2.45) is 0 Å². The number of nitrogens with one attached hydrogen (secondary N) is 2. The van der Waals surface area contributed by atoms with Gasteiger partial charge < -0.3 is 14.8 Å². The fourth-order valence-electron chi connectivity index (χ4n) is 3.24. The molecule has 0 spiro atoms. The van der Waals surface area contributed by atoms with Gasteiger partial charge in [0.15, 0.2) is 0 Å². The van der Waals surface area contributed by atoms with Gasteiger partial charge in [-0.1, -0.05) is 35.9 Å². The van der Waals surface area contributed by atoms with E-state index in [-0.39, 0.29) is 10.6 Å².